The van der Waals surface area contributed by atoms with E-state index in [0.717, 1.165) is 17.6 Å². The van der Waals surface area contributed by atoms with Crippen LogP contribution in [-0.4, -0.2) is 63.0 Å². The Bertz CT molecular complexity index is 1330. The second-order valence-electron chi connectivity index (χ2n) is 8.69. The molecule has 2 aromatic heterocycles. The standard InChI is InChI=1S/C25H24N4O4/c1-28-13-11-25(32,24(28)31)10-8-16-4-3-5-18(14-16)29-20-9-12-26-19(15-17-6-7-17)21(20)22(27-29)23(30)33-2/h3-5,9,12,14,17,32H,6-7,11,13,15H2,1-2H3/t25-/m0/s1. The Hall–Kier alpha value is -3.70. The average molecular weight is 444 g/mol. The van der Waals surface area contributed by atoms with Crippen LogP contribution in [0.1, 0.15) is 41.0 Å². The summed E-state index contributed by atoms with van der Waals surface area (Å²) in [6.45, 7) is 0.469. The van der Waals surface area contributed by atoms with Crippen LogP contribution in [0.3, 0.4) is 0 Å². The molecule has 8 nitrogen and oxygen atoms in total. The van der Waals surface area contributed by atoms with Crippen LogP contribution in [0.15, 0.2) is 36.5 Å². The number of aromatic nitrogens is 3. The number of rotatable bonds is 4. The lowest BCUT2D eigenvalue weighted by Gasteiger charge is -2.13. The topological polar surface area (TPSA) is 97.5 Å². The smallest absolute Gasteiger partial charge is 0.359 e. The molecule has 0 radical (unpaired) electrons. The summed E-state index contributed by atoms with van der Waals surface area (Å²) in [7, 11) is 2.99. The lowest BCUT2D eigenvalue weighted by Crippen LogP contribution is -2.37. The monoisotopic (exact) mass is 444 g/mol. The van der Waals surface area contributed by atoms with Crippen molar-refractivity contribution in [2.45, 2.75) is 31.3 Å². The second kappa shape index (κ2) is 8.01. The van der Waals surface area contributed by atoms with E-state index in [9.17, 15) is 14.7 Å². The van der Waals surface area contributed by atoms with Gasteiger partial charge in [-0.3, -0.25) is 9.78 Å². The van der Waals surface area contributed by atoms with Gasteiger partial charge in [-0.15, -0.1) is 0 Å². The molecule has 1 amide bonds. The summed E-state index contributed by atoms with van der Waals surface area (Å²) in [4.78, 5) is 30.7. The van der Waals surface area contributed by atoms with Gasteiger partial charge in [-0.25, -0.2) is 9.48 Å². The number of pyridine rings is 1. The number of amides is 1. The van der Waals surface area contributed by atoms with Gasteiger partial charge in [0.15, 0.2) is 5.69 Å². The molecule has 33 heavy (non-hydrogen) atoms. The predicted molar refractivity (Wildman–Crippen MR) is 121 cm³/mol. The van der Waals surface area contributed by atoms with Gasteiger partial charge < -0.3 is 14.7 Å². The summed E-state index contributed by atoms with van der Waals surface area (Å²) in [6.07, 6.45) is 5.16. The Labute approximate surface area is 191 Å². The zero-order valence-corrected chi connectivity index (χ0v) is 18.5. The average Bonchev–Trinajstić information content (AvgIpc) is 3.50. The number of likely N-dealkylation sites (tertiary alicyclic amines) is 1. The molecule has 1 N–H and O–H groups in total. The maximum atomic E-state index is 12.5. The molecule has 0 unspecified atom stereocenters. The number of likely N-dealkylation sites (N-methyl/N-ethyl adjacent to an activating group) is 1. The van der Waals surface area contributed by atoms with Gasteiger partial charge in [0.05, 0.1) is 29.4 Å². The van der Waals surface area contributed by atoms with Crippen molar-refractivity contribution < 1.29 is 19.4 Å². The van der Waals surface area contributed by atoms with Crippen LogP contribution in [0, 0.1) is 17.8 Å². The number of hydrogen-bond donors (Lipinski definition) is 1. The summed E-state index contributed by atoms with van der Waals surface area (Å²) in [6, 6.07) is 9.13. The van der Waals surface area contributed by atoms with E-state index in [1.807, 2.05) is 24.3 Å². The number of ether oxygens (including phenoxy) is 1. The highest BCUT2D eigenvalue weighted by molar-refractivity contribution is 6.03. The number of benzene rings is 1. The number of fused-ring (bicyclic) bond motifs is 1. The molecular weight excluding hydrogens is 420 g/mol. The molecule has 8 heteroatoms. The number of hydrogen-bond acceptors (Lipinski definition) is 6. The SMILES string of the molecule is COC(=O)c1nn(-c2cccc(C#C[C@]3(O)CCN(C)C3=O)c2)c2ccnc(CC3CC3)c12. The predicted octanol–water partition coefficient (Wildman–Crippen LogP) is 2.10. The number of carbonyl (C=O) groups is 2. The Kier molecular flexibility index (Phi) is 5.14. The molecule has 1 atom stereocenters. The number of esters is 1. The van der Waals surface area contributed by atoms with Crippen LogP contribution in [0.25, 0.3) is 16.6 Å². The molecule has 1 aliphatic carbocycles. The minimum absolute atomic E-state index is 0.238. The number of carbonyl (C=O) groups excluding carboxylic acids is 2. The quantitative estimate of drug-likeness (QED) is 0.489. The van der Waals surface area contributed by atoms with Gasteiger partial charge in [0.25, 0.3) is 5.91 Å². The van der Waals surface area contributed by atoms with Crippen molar-refractivity contribution in [1.29, 1.82) is 0 Å². The lowest BCUT2D eigenvalue weighted by molar-refractivity contribution is -0.137. The van der Waals surface area contributed by atoms with Crippen molar-refractivity contribution in [2.24, 2.45) is 5.92 Å². The Balaban J connectivity index is 1.57. The molecule has 0 spiro atoms. The number of nitrogens with zero attached hydrogens (tertiary/aromatic N) is 4. The van der Waals surface area contributed by atoms with Gasteiger partial charge >= 0.3 is 5.97 Å². The van der Waals surface area contributed by atoms with Crippen molar-refractivity contribution in [3.8, 4) is 17.5 Å². The summed E-state index contributed by atoms with van der Waals surface area (Å²) in [5.74, 6) is 5.37. The highest BCUT2D eigenvalue weighted by atomic mass is 16.5. The fourth-order valence-corrected chi connectivity index (χ4v) is 4.18. The van der Waals surface area contributed by atoms with Crippen LogP contribution in [0.4, 0.5) is 0 Å². The first-order valence-electron chi connectivity index (χ1n) is 11.0. The third-order valence-corrected chi connectivity index (χ3v) is 6.24. The first-order valence-corrected chi connectivity index (χ1v) is 11.0. The van der Waals surface area contributed by atoms with Crippen LogP contribution >= 0.6 is 0 Å². The fourth-order valence-electron chi connectivity index (χ4n) is 4.18. The Morgan fingerprint density at radius 1 is 1.33 bits per heavy atom. The minimum atomic E-state index is -1.66. The summed E-state index contributed by atoms with van der Waals surface area (Å²) < 4.78 is 6.68. The maximum absolute atomic E-state index is 12.5. The molecule has 5 rings (SSSR count). The van der Waals surface area contributed by atoms with Crippen molar-refractivity contribution in [3.05, 3.63) is 53.5 Å². The van der Waals surface area contributed by atoms with Gasteiger partial charge in [0, 0.05) is 31.8 Å². The van der Waals surface area contributed by atoms with Crippen molar-refractivity contribution in [3.63, 3.8) is 0 Å². The van der Waals surface area contributed by atoms with E-state index in [-0.39, 0.29) is 18.0 Å². The van der Waals surface area contributed by atoms with Crippen LogP contribution in [0.2, 0.25) is 0 Å². The molecule has 1 saturated carbocycles. The van der Waals surface area contributed by atoms with E-state index in [4.69, 9.17) is 4.74 Å². The van der Waals surface area contributed by atoms with E-state index in [0.29, 0.717) is 29.1 Å². The van der Waals surface area contributed by atoms with Crippen LogP contribution in [-0.2, 0) is 16.0 Å². The summed E-state index contributed by atoms with van der Waals surface area (Å²) >= 11 is 0. The highest BCUT2D eigenvalue weighted by Crippen LogP contribution is 2.35. The normalized spacial score (nSPS) is 20.1. The van der Waals surface area contributed by atoms with E-state index < -0.39 is 11.6 Å². The van der Waals surface area contributed by atoms with Crippen molar-refractivity contribution in [2.75, 3.05) is 20.7 Å². The third kappa shape index (κ3) is 3.85. The van der Waals surface area contributed by atoms with E-state index in [2.05, 4.69) is 21.9 Å². The number of methoxy groups -OCH3 is 1. The van der Waals surface area contributed by atoms with Crippen molar-refractivity contribution in [1.82, 2.24) is 19.7 Å². The molecule has 168 valence electrons. The second-order valence-corrected chi connectivity index (χ2v) is 8.69. The summed E-state index contributed by atoms with van der Waals surface area (Å²) in [5.41, 5.74) is 1.51. The molecule has 3 aromatic rings. The molecule has 1 aromatic carbocycles. The van der Waals surface area contributed by atoms with Crippen molar-refractivity contribution >= 4 is 22.8 Å². The van der Waals surface area contributed by atoms with Gasteiger partial charge in [-0.1, -0.05) is 17.9 Å². The molecule has 1 aliphatic heterocycles. The minimum Gasteiger partial charge on any atom is -0.464 e. The van der Waals surface area contributed by atoms with E-state index in [1.165, 1.54) is 24.9 Å². The molecular formula is C25H24N4O4. The Morgan fingerprint density at radius 3 is 2.85 bits per heavy atom. The number of aliphatic hydroxyl groups is 1. The van der Waals surface area contributed by atoms with Gasteiger partial charge in [-0.2, -0.15) is 5.10 Å². The zero-order valence-electron chi connectivity index (χ0n) is 18.5. The summed E-state index contributed by atoms with van der Waals surface area (Å²) in [5, 5.41) is 15.9. The Morgan fingerprint density at radius 2 is 2.15 bits per heavy atom. The fraction of sp³-hybridized carbons (Fsp3) is 0.360. The molecule has 0 bridgehead atoms. The molecule has 2 aliphatic rings. The lowest BCUT2D eigenvalue weighted by atomic mass is 10.0. The molecule has 2 fully saturated rings. The maximum Gasteiger partial charge on any atom is 0.359 e. The molecule has 3 heterocycles. The highest BCUT2D eigenvalue weighted by Gasteiger charge is 2.42. The van der Waals surface area contributed by atoms with Gasteiger partial charge in [-0.05, 0) is 49.4 Å². The first kappa shape index (κ1) is 21.2. The zero-order chi connectivity index (χ0) is 23.2. The van der Waals surface area contributed by atoms with E-state index in [1.54, 1.807) is 24.0 Å². The largest absolute Gasteiger partial charge is 0.464 e. The molecule has 1 saturated heterocycles. The third-order valence-electron chi connectivity index (χ3n) is 6.24. The van der Waals surface area contributed by atoms with Crippen LogP contribution < -0.4 is 0 Å². The first-order chi connectivity index (χ1) is 15.9. The van der Waals surface area contributed by atoms with Gasteiger partial charge in [0.2, 0.25) is 5.60 Å². The van der Waals surface area contributed by atoms with E-state index >= 15 is 0 Å². The van der Waals surface area contributed by atoms with Gasteiger partial charge in [0.1, 0.15) is 0 Å². The van der Waals surface area contributed by atoms with Crippen LogP contribution in [0.5, 0.6) is 0 Å².